The van der Waals surface area contributed by atoms with Gasteiger partial charge in [-0.25, -0.2) is 9.59 Å². The van der Waals surface area contributed by atoms with Crippen LogP contribution in [0.4, 0.5) is 34.1 Å². The minimum atomic E-state index is -1.15. The summed E-state index contributed by atoms with van der Waals surface area (Å²) in [6.07, 6.45) is 0. The smallest absolute Gasteiger partial charge is 0.336 e. The second-order valence-electron chi connectivity index (χ2n) is 11.1. The molecule has 0 fully saturated rings. The van der Waals surface area contributed by atoms with Crippen LogP contribution in [-0.4, -0.2) is 22.2 Å². The molecule has 0 atom stereocenters. The number of aromatic carboxylic acids is 2. The quantitative estimate of drug-likeness (QED) is 0.171. The van der Waals surface area contributed by atoms with Crippen LogP contribution in [0.5, 0.6) is 0 Å². The molecular weight excluding hydrogens is 572 g/mol. The van der Waals surface area contributed by atoms with Gasteiger partial charge in [-0.3, -0.25) is 0 Å². The number of hydrogen-bond donors (Lipinski definition) is 2. The highest BCUT2D eigenvalue weighted by atomic mass is 16.4. The molecule has 2 N–H and O–H groups in total. The second-order valence-corrected chi connectivity index (χ2v) is 11.1. The number of carboxylic acid groups (broad SMARTS) is 2. The average Bonchev–Trinajstić information content (AvgIpc) is 3.06. The molecule has 46 heavy (non-hydrogen) atoms. The van der Waals surface area contributed by atoms with E-state index in [1.54, 1.807) is 24.3 Å². The molecule has 0 aromatic heterocycles. The summed E-state index contributed by atoms with van der Waals surface area (Å²) < 4.78 is 0. The molecule has 6 heteroatoms. The first-order chi connectivity index (χ1) is 22.3. The van der Waals surface area contributed by atoms with Gasteiger partial charge in [0.05, 0.1) is 11.1 Å². The van der Waals surface area contributed by atoms with Gasteiger partial charge in [-0.05, 0) is 109 Å². The zero-order chi connectivity index (χ0) is 32.2. The summed E-state index contributed by atoms with van der Waals surface area (Å²) in [4.78, 5) is 29.5. The van der Waals surface area contributed by atoms with Crippen molar-refractivity contribution in [2.45, 2.75) is 13.8 Å². The Kier molecular flexibility index (Phi) is 8.35. The number of nitrogens with zero attached hydrogens (tertiary/aromatic N) is 2. The van der Waals surface area contributed by atoms with E-state index in [1.807, 2.05) is 145 Å². The first-order valence-electron chi connectivity index (χ1n) is 14.9. The largest absolute Gasteiger partial charge is 0.478 e. The Hall–Kier alpha value is -6.14. The molecule has 0 saturated carbocycles. The number of benzene rings is 6. The van der Waals surface area contributed by atoms with Gasteiger partial charge in [-0.1, -0.05) is 72.8 Å². The maximum Gasteiger partial charge on any atom is 0.336 e. The normalized spacial score (nSPS) is 10.7. The van der Waals surface area contributed by atoms with Gasteiger partial charge in [0.25, 0.3) is 0 Å². The van der Waals surface area contributed by atoms with Crippen molar-refractivity contribution in [2.75, 3.05) is 9.80 Å². The molecule has 0 aliphatic carbocycles. The van der Waals surface area contributed by atoms with Crippen LogP contribution in [0.1, 0.15) is 31.8 Å². The Morgan fingerprint density at radius 2 is 0.761 bits per heavy atom. The fourth-order valence-corrected chi connectivity index (χ4v) is 5.75. The van der Waals surface area contributed by atoms with Gasteiger partial charge in [0.15, 0.2) is 0 Å². The summed E-state index contributed by atoms with van der Waals surface area (Å²) in [5.41, 5.74) is 7.53. The number of anilines is 6. The van der Waals surface area contributed by atoms with Gasteiger partial charge in [-0.2, -0.15) is 0 Å². The molecule has 6 rings (SSSR count). The van der Waals surface area contributed by atoms with Gasteiger partial charge >= 0.3 is 11.9 Å². The second kappa shape index (κ2) is 12.8. The number of carbonyl (C=O) groups is 2. The number of para-hydroxylation sites is 2. The highest BCUT2D eigenvalue weighted by molar-refractivity contribution is 6.04. The molecule has 6 aromatic rings. The molecule has 0 saturated heterocycles. The number of aryl methyl sites for hydroxylation is 2. The first-order valence-corrected chi connectivity index (χ1v) is 14.9. The predicted octanol–water partition coefficient (Wildman–Crippen LogP) is 10.3. The monoisotopic (exact) mass is 604 g/mol. The first kappa shape index (κ1) is 29.9. The standard InChI is InChI=1S/C40H32N2O4/c1-27-11-9-17-31(23-27)41(29-13-5-3-6-14-29)33-19-21-35(37(25-33)39(43)44)36-22-20-34(26-38(36)40(45)46)42(30-15-7-4-8-16-30)32-18-10-12-28(2)24-32/h3-26H,1-2H3,(H,43,44)(H,45,46). The fraction of sp³-hybridized carbons (Fsp3) is 0.0500. The molecule has 0 spiro atoms. The van der Waals surface area contributed by atoms with Crippen molar-refractivity contribution in [3.8, 4) is 11.1 Å². The van der Waals surface area contributed by atoms with Crippen LogP contribution in [0.25, 0.3) is 11.1 Å². The summed E-state index contributed by atoms with van der Waals surface area (Å²) in [6, 6.07) is 45.7. The summed E-state index contributed by atoms with van der Waals surface area (Å²) in [5, 5.41) is 20.9. The maximum absolute atomic E-state index is 12.8. The molecular formula is C40H32N2O4. The fourth-order valence-electron chi connectivity index (χ4n) is 5.75. The number of rotatable bonds is 9. The highest BCUT2D eigenvalue weighted by Gasteiger charge is 2.23. The topological polar surface area (TPSA) is 81.1 Å². The van der Waals surface area contributed by atoms with Crippen LogP contribution < -0.4 is 9.80 Å². The zero-order valence-electron chi connectivity index (χ0n) is 25.5. The number of hydrogen-bond acceptors (Lipinski definition) is 4. The van der Waals surface area contributed by atoms with Gasteiger partial charge in [0, 0.05) is 34.1 Å². The van der Waals surface area contributed by atoms with Crippen LogP contribution in [-0.2, 0) is 0 Å². The lowest BCUT2D eigenvalue weighted by molar-refractivity contribution is 0.0684. The molecule has 0 aliphatic rings. The van der Waals surface area contributed by atoms with Crippen molar-refractivity contribution in [1.82, 2.24) is 0 Å². The van der Waals surface area contributed by atoms with Crippen molar-refractivity contribution in [2.24, 2.45) is 0 Å². The lowest BCUT2D eigenvalue weighted by Crippen LogP contribution is -2.13. The van der Waals surface area contributed by atoms with Crippen molar-refractivity contribution in [3.63, 3.8) is 0 Å². The molecule has 6 nitrogen and oxygen atoms in total. The minimum Gasteiger partial charge on any atom is -0.478 e. The predicted molar refractivity (Wildman–Crippen MR) is 185 cm³/mol. The van der Waals surface area contributed by atoms with Crippen LogP contribution in [0.15, 0.2) is 146 Å². The van der Waals surface area contributed by atoms with Crippen molar-refractivity contribution in [3.05, 3.63) is 168 Å². The molecule has 0 bridgehead atoms. The van der Waals surface area contributed by atoms with E-state index in [2.05, 4.69) is 0 Å². The van der Waals surface area contributed by atoms with E-state index < -0.39 is 11.9 Å². The van der Waals surface area contributed by atoms with E-state index in [9.17, 15) is 19.8 Å². The van der Waals surface area contributed by atoms with E-state index in [0.29, 0.717) is 22.5 Å². The van der Waals surface area contributed by atoms with Gasteiger partial charge < -0.3 is 20.0 Å². The van der Waals surface area contributed by atoms with E-state index in [-0.39, 0.29) is 11.1 Å². The van der Waals surface area contributed by atoms with E-state index in [0.717, 1.165) is 33.9 Å². The van der Waals surface area contributed by atoms with Crippen molar-refractivity contribution in [1.29, 1.82) is 0 Å². The van der Waals surface area contributed by atoms with Crippen LogP contribution in [0.2, 0.25) is 0 Å². The summed E-state index contributed by atoms with van der Waals surface area (Å²) in [7, 11) is 0. The van der Waals surface area contributed by atoms with Crippen molar-refractivity contribution >= 4 is 46.1 Å². The van der Waals surface area contributed by atoms with Gasteiger partial charge in [0.1, 0.15) is 0 Å². The Labute approximate surface area is 268 Å². The molecule has 226 valence electrons. The van der Waals surface area contributed by atoms with E-state index >= 15 is 0 Å². The zero-order valence-corrected chi connectivity index (χ0v) is 25.5. The molecule has 0 amide bonds. The maximum atomic E-state index is 12.8. The molecule has 0 radical (unpaired) electrons. The van der Waals surface area contributed by atoms with E-state index in [4.69, 9.17) is 0 Å². The third-order valence-corrected chi connectivity index (χ3v) is 7.82. The molecule has 0 unspecified atom stereocenters. The summed E-state index contributed by atoms with van der Waals surface area (Å²) in [6.45, 7) is 4.01. The average molecular weight is 605 g/mol. The Morgan fingerprint density at radius 3 is 1.11 bits per heavy atom. The molecule has 6 aromatic carbocycles. The lowest BCUT2D eigenvalue weighted by Gasteiger charge is -2.27. The Bertz CT molecular complexity index is 1890. The van der Waals surface area contributed by atoms with Crippen molar-refractivity contribution < 1.29 is 19.8 Å². The lowest BCUT2D eigenvalue weighted by atomic mass is 9.93. The minimum absolute atomic E-state index is 0.0000613. The Balaban J connectivity index is 1.50. The number of carboxylic acids is 2. The summed E-state index contributed by atoms with van der Waals surface area (Å²) >= 11 is 0. The Morgan fingerprint density at radius 1 is 0.413 bits per heavy atom. The van der Waals surface area contributed by atoms with Crippen LogP contribution in [0, 0.1) is 13.8 Å². The van der Waals surface area contributed by atoms with Crippen LogP contribution >= 0.6 is 0 Å². The third-order valence-electron chi connectivity index (χ3n) is 7.82. The van der Waals surface area contributed by atoms with Gasteiger partial charge in [-0.15, -0.1) is 0 Å². The molecule has 0 aliphatic heterocycles. The van der Waals surface area contributed by atoms with Gasteiger partial charge in [0.2, 0.25) is 0 Å². The third kappa shape index (κ3) is 6.10. The SMILES string of the molecule is Cc1cccc(N(c2ccccc2)c2ccc(-c3ccc(N(c4ccccc4)c4cccc(C)c4)cc3C(=O)O)c(C(=O)O)c2)c1. The van der Waals surface area contributed by atoms with Crippen LogP contribution in [0.3, 0.4) is 0 Å². The highest BCUT2D eigenvalue weighted by Crippen LogP contribution is 2.41. The summed E-state index contributed by atoms with van der Waals surface area (Å²) in [5.74, 6) is -2.31. The van der Waals surface area contributed by atoms with E-state index in [1.165, 1.54) is 0 Å². The molecule has 0 heterocycles.